The van der Waals surface area contributed by atoms with Gasteiger partial charge in [0.1, 0.15) is 5.60 Å². The average Bonchev–Trinajstić information content (AvgIpc) is 1.88. The first-order valence-electron chi connectivity index (χ1n) is 3.10. The van der Waals surface area contributed by atoms with E-state index in [0.29, 0.717) is 0 Å². The van der Waals surface area contributed by atoms with Crippen LogP contribution in [0, 0.1) is 0 Å². The Bertz CT molecular complexity index is 203. The van der Waals surface area contributed by atoms with Gasteiger partial charge in [0.25, 0.3) is 0 Å². The molecular weight excluding hydrogens is 128 g/mol. The smallest absolute Gasteiger partial charge is 0.108 e. The van der Waals surface area contributed by atoms with E-state index in [-0.39, 0.29) is 12.2 Å². The molecule has 2 heteroatoms. The van der Waals surface area contributed by atoms with Crippen LogP contribution in [0.2, 0.25) is 0 Å². The van der Waals surface area contributed by atoms with Crippen molar-refractivity contribution in [2.45, 2.75) is 12.0 Å². The number of hydrogen-bond acceptors (Lipinski definition) is 2. The van der Waals surface area contributed by atoms with Gasteiger partial charge in [0.2, 0.25) is 0 Å². The molecule has 0 aromatic heterocycles. The van der Waals surface area contributed by atoms with Crippen molar-refractivity contribution in [1.82, 2.24) is 0 Å². The fourth-order valence-corrected chi connectivity index (χ4v) is 0.874. The number of aliphatic hydroxyl groups excluding tert-OH is 1. The summed E-state index contributed by atoms with van der Waals surface area (Å²) in [7, 11) is 0. The number of hydrogen-bond donors (Lipinski definition) is 2. The van der Waals surface area contributed by atoms with Crippen LogP contribution >= 0.6 is 0 Å². The summed E-state index contributed by atoms with van der Waals surface area (Å²) in [6.07, 6.45) is 6.40. The maximum Gasteiger partial charge on any atom is 0.108 e. The number of aliphatic hydroxyl groups is 2. The highest BCUT2D eigenvalue weighted by Crippen LogP contribution is 2.21. The van der Waals surface area contributed by atoms with Crippen molar-refractivity contribution in [2.24, 2.45) is 0 Å². The van der Waals surface area contributed by atoms with Crippen molar-refractivity contribution in [2.75, 3.05) is 0 Å². The zero-order valence-electron chi connectivity index (χ0n) is 5.62. The lowest BCUT2D eigenvalue weighted by Gasteiger charge is -2.21. The second-order valence-electron chi connectivity index (χ2n) is 2.39. The Morgan fingerprint density at radius 3 is 2.80 bits per heavy atom. The maximum atomic E-state index is 9.44. The lowest BCUT2D eigenvalue weighted by molar-refractivity contribution is 0.126. The van der Waals surface area contributed by atoms with Crippen molar-refractivity contribution in [3.8, 4) is 0 Å². The molecule has 0 fully saturated rings. The zero-order valence-corrected chi connectivity index (χ0v) is 5.62. The van der Waals surface area contributed by atoms with Crippen molar-refractivity contribution in [3.05, 3.63) is 36.6 Å². The predicted molar refractivity (Wildman–Crippen MR) is 39.6 cm³/mol. The van der Waals surface area contributed by atoms with Crippen LogP contribution in [0.25, 0.3) is 0 Å². The molecule has 0 aliphatic heterocycles. The summed E-state index contributed by atoms with van der Waals surface area (Å²) >= 11 is 0. The van der Waals surface area contributed by atoms with E-state index in [0.717, 1.165) is 0 Å². The third kappa shape index (κ3) is 1.28. The van der Waals surface area contributed by atoms with Crippen LogP contribution in [-0.4, -0.2) is 15.8 Å². The van der Waals surface area contributed by atoms with Gasteiger partial charge in [-0.3, -0.25) is 0 Å². The quantitative estimate of drug-likeness (QED) is 0.536. The minimum atomic E-state index is -1.04. The van der Waals surface area contributed by atoms with Crippen LogP contribution in [0.5, 0.6) is 0 Å². The minimum Gasteiger partial charge on any atom is -0.512 e. The monoisotopic (exact) mass is 138 g/mol. The van der Waals surface area contributed by atoms with Gasteiger partial charge in [-0.2, -0.15) is 0 Å². The molecule has 0 heterocycles. The molecule has 0 bridgehead atoms. The van der Waals surface area contributed by atoms with Crippen LogP contribution < -0.4 is 0 Å². The summed E-state index contributed by atoms with van der Waals surface area (Å²) in [5.41, 5.74) is -1.04. The van der Waals surface area contributed by atoms with Gasteiger partial charge >= 0.3 is 0 Å². The van der Waals surface area contributed by atoms with Crippen molar-refractivity contribution < 1.29 is 10.2 Å². The average molecular weight is 138 g/mol. The minimum absolute atomic E-state index is 0.185. The van der Waals surface area contributed by atoms with Crippen LogP contribution in [0.3, 0.4) is 0 Å². The standard InChI is InChI=1S/C8H10O2/c1-2-8(10)5-3-4-7(9)6-8/h2-5,9-10H,1,6H2. The maximum absolute atomic E-state index is 9.44. The third-order valence-electron chi connectivity index (χ3n) is 1.49. The molecule has 0 amide bonds. The van der Waals surface area contributed by atoms with Gasteiger partial charge in [-0.05, 0) is 12.2 Å². The van der Waals surface area contributed by atoms with E-state index in [2.05, 4.69) is 6.58 Å². The topological polar surface area (TPSA) is 40.5 Å². The molecule has 1 unspecified atom stereocenters. The van der Waals surface area contributed by atoms with Crippen LogP contribution in [0.15, 0.2) is 36.6 Å². The molecular formula is C8H10O2. The fraction of sp³-hybridized carbons (Fsp3) is 0.250. The fourth-order valence-electron chi connectivity index (χ4n) is 0.874. The van der Waals surface area contributed by atoms with Crippen LogP contribution in [0.4, 0.5) is 0 Å². The summed E-state index contributed by atoms with van der Waals surface area (Å²) in [5.74, 6) is 0.185. The zero-order chi connectivity index (χ0) is 7.61. The Morgan fingerprint density at radius 2 is 2.40 bits per heavy atom. The Hall–Kier alpha value is -1.02. The molecule has 2 N–H and O–H groups in total. The highest BCUT2D eigenvalue weighted by Gasteiger charge is 2.22. The van der Waals surface area contributed by atoms with E-state index in [4.69, 9.17) is 5.11 Å². The van der Waals surface area contributed by atoms with E-state index in [1.807, 2.05) is 0 Å². The predicted octanol–water partition coefficient (Wildman–Crippen LogP) is 1.31. The molecule has 0 aromatic rings. The van der Waals surface area contributed by atoms with Crippen molar-refractivity contribution >= 4 is 0 Å². The number of rotatable bonds is 1. The molecule has 0 spiro atoms. The van der Waals surface area contributed by atoms with Gasteiger partial charge in [0.05, 0.1) is 5.76 Å². The molecule has 0 saturated heterocycles. The largest absolute Gasteiger partial charge is 0.512 e. The second kappa shape index (κ2) is 2.31. The highest BCUT2D eigenvalue weighted by molar-refractivity contribution is 5.25. The lowest BCUT2D eigenvalue weighted by atomic mass is 9.95. The van der Waals surface area contributed by atoms with E-state index in [1.54, 1.807) is 18.2 Å². The first-order chi connectivity index (χ1) is 4.66. The lowest BCUT2D eigenvalue weighted by Crippen LogP contribution is -2.24. The van der Waals surface area contributed by atoms with E-state index in [9.17, 15) is 5.11 Å². The van der Waals surface area contributed by atoms with Gasteiger partial charge in [0.15, 0.2) is 0 Å². The summed E-state index contributed by atoms with van der Waals surface area (Å²) in [6.45, 7) is 3.45. The first-order valence-corrected chi connectivity index (χ1v) is 3.10. The molecule has 2 nitrogen and oxygen atoms in total. The molecule has 0 radical (unpaired) electrons. The molecule has 54 valence electrons. The molecule has 0 saturated carbocycles. The van der Waals surface area contributed by atoms with Gasteiger partial charge in [-0.25, -0.2) is 0 Å². The Morgan fingerprint density at radius 1 is 1.70 bits per heavy atom. The Balaban J connectivity index is 2.80. The molecule has 1 aliphatic carbocycles. The second-order valence-corrected chi connectivity index (χ2v) is 2.39. The third-order valence-corrected chi connectivity index (χ3v) is 1.49. The van der Waals surface area contributed by atoms with Crippen LogP contribution in [0.1, 0.15) is 6.42 Å². The van der Waals surface area contributed by atoms with Gasteiger partial charge in [-0.1, -0.05) is 18.7 Å². The summed E-state index contributed by atoms with van der Waals surface area (Å²) in [6, 6.07) is 0. The number of allylic oxidation sites excluding steroid dienone is 2. The molecule has 1 rings (SSSR count). The molecule has 10 heavy (non-hydrogen) atoms. The molecule has 0 aromatic carbocycles. The Kier molecular flexibility index (Phi) is 1.64. The summed E-state index contributed by atoms with van der Waals surface area (Å²) < 4.78 is 0. The first kappa shape index (κ1) is 7.09. The normalized spacial score (nSPS) is 31.5. The Labute approximate surface area is 59.8 Å². The van der Waals surface area contributed by atoms with Crippen molar-refractivity contribution in [1.29, 1.82) is 0 Å². The molecule has 1 atom stereocenters. The van der Waals surface area contributed by atoms with E-state index in [1.165, 1.54) is 6.08 Å². The summed E-state index contributed by atoms with van der Waals surface area (Å²) in [4.78, 5) is 0. The van der Waals surface area contributed by atoms with Gasteiger partial charge < -0.3 is 10.2 Å². The van der Waals surface area contributed by atoms with E-state index < -0.39 is 5.60 Å². The SMILES string of the molecule is C=CC1(O)C=CC=C(O)C1. The van der Waals surface area contributed by atoms with Crippen molar-refractivity contribution in [3.63, 3.8) is 0 Å². The van der Waals surface area contributed by atoms with Gasteiger partial charge in [-0.15, -0.1) is 0 Å². The van der Waals surface area contributed by atoms with Crippen LogP contribution in [-0.2, 0) is 0 Å². The van der Waals surface area contributed by atoms with E-state index >= 15 is 0 Å². The highest BCUT2D eigenvalue weighted by atomic mass is 16.3. The summed E-state index contributed by atoms with van der Waals surface area (Å²) in [5, 5.41) is 18.4. The van der Waals surface area contributed by atoms with Gasteiger partial charge in [0, 0.05) is 6.42 Å². The molecule has 1 aliphatic rings.